The summed E-state index contributed by atoms with van der Waals surface area (Å²) in [5, 5.41) is 39.7. The molecule has 1 fully saturated rings. The normalized spacial score (nSPS) is 29.2. The van der Waals surface area contributed by atoms with Crippen LogP contribution >= 0.6 is 12.2 Å². The van der Waals surface area contributed by atoms with Crippen molar-refractivity contribution in [2.24, 2.45) is 0 Å². The monoisotopic (exact) mass is 385 g/mol. The second kappa shape index (κ2) is 6.90. The first-order valence-corrected chi connectivity index (χ1v) is 8.14. The number of nitrogen functional groups attached to an aromatic ring is 1. The fourth-order valence-electron chi connectivity index (χ4n) is 3.02. The number of H-pyrrole nitrogens is 1. The molecule has 0 aromatic carbocycles. The van der Waals surface area contributed by atoms with Crippen LogP contribution in [-0.2, 0) is 11.3 Å². The van der Waals surface area contributed by atoms with Crippen LogP contribution in [0.25, 0.3) is 11.2 Å². The molecule has 2 aromatic heterocycles. The van der Waals surface area contributed by atoms with Gasteiger partial charge in [0.25, 0.3) is 5.56 Å². The molecular weight excluding hydrogens is 366 g/mol. The molecule has 1 aliphatic rings. The van der Waals surface area contributed by atoms with E-state index in [4.69, 9.17) is 22.7 Å². The zero-order valence-corrected chi connectivity index (χ0v) is 14.3. The summed E-state index contributed by atoms with van der Waals surface area (Å²) < 4.78 is 8.24. The van der Waals surface area contributed by atoms with Crippen molar-refractivity contribution in [2.45, 2.75) is 37.2 Å². The lowest BCUT2D eigenvalue weighted by Gasteiger charge is -2.40. The van der Waals surface area contributed by atoms with Gasteiger partial charge in [-0.05, 0) is 12.2 Å². The molecule has 0 amide bonds. The molecule has 2 aromatic rings. The topological polar surface area (TPSA) is 172 Å². The van der Waals surface area contributed by atoms with E-state index in [0.29, 0.717) is 0 Å². The van der Waals surface area contributed by atoms with E-state index in [-0.39, 0.29) is 28.4 Å². The minimum atomic E-state index is -1.61. The lowest BCUT2D eigenvalue weighted by molar-refractivity contribution is -0.250. The van der Waals surface area contributed by atoms with Crippen LogP contribution in [0.2, 0.25) is 0 Å². The highest BCUT2D eigenvalue weighted by Gasteiger charge is 2.45. The van der Waals surface area contributed by atoms with Gasteiger partial charge in [-0.3, -0.25) is 14.3 Å². The van der Waals surface area contributed by atoms with Gasteiger partial charge >= 0.3 is 0 Å². The molecule has 0 aliphatic carbocycles. The van der Waals surface area contributed by atoms with Crippen LogP contribution in [0.15, 0.2) is 17.4 Å². The van der Waals surface area contributed by atoms with Gasteiger partial charge in [0, 0.05) is 6.54 Å². The van der Waals surface area contributed by atoms with Crippen molar-refractivity contribution in [3.8, 4) is 0 Å². The van der Waals surface area contributed by atoms with Gasteiger partial charge in [0.15, 0.2) is 22.2 Å². The van der Waals surface area contributed by atoms with Crippen LogP contribution in [0, 0.1) is 4.77 Å². The summed E-state index contributed by atoms with van der Waals surface area (Å²) in [7, 11) is 0. The third-order valence-electron chi connectivity index (χ3n) is 4.26. The number of anilines is 1. The molecule has 11 nitrogen and oxygen atoms in total. The van der Waals surface area contributed by atoms with Crippen molar-refractivity contribution in [3.63, 3.8) is 0 Å². The number of allylic oxidation sites excluding steroid dienone is 1. The number of imidazole rings is 1. The summed E-state index contributed by atoms with van der Waals surface area (Å²) in [5.74, 6) is -0.174. The maximum Gasteiger partial charge on any atom is 0.278 e. The van der Waals surface area contributed by atoms with Crippen LogP contribution in [0.3, 0.4) is 0 Å². The first-order valence-electron chi connectivity index (χ1n) is 7.73. The average Bonchev–Trinajstić information content (AvgIpc) is 2.86. The molecule has 0 saturated carbocycles. The summed E-state index contributed by atoms with van der Waals surface area (Å²) in [6, 6.07) is 0. The maximum atomic E-state index is 12.3. The average molecular weight is 385 g/mol. The van der Waals surface area contributed by atoms with Crippen molar-refractivity contribution in [1.82, 2.24) is 19.1 Å². The zero-order chi connectivity index (χ0) is 19.2. The predicted octanol–water partition coefficient (Wildman–Crippen LogP) is -2.00. The molecule has 3 heterocycles. The Balaban J connectivity index is 2.27. The Morgan fingerprint density at radius 3 is 2.65 bits per heavy atom. The Bertz CT molecular complexity index is 950. The van der Waals surface area contributed by atoms with Crippen LogP contribution < -0.4 is 11.3 Å². The summed E-state index contributed by atoms with van der Waals surface area (Å²) >= 11 is 5.38. The summed E-state index contributed by atoms with van der Waals surface area (Å²) in [4.78, 5) is 18.8. The summed E-state index contributed by atoms with van der Waals surface area (Å²) in [6.45, 7) is 3.19. The Labute approximate surface area is 151 Å². The number of nitrogens with zero attached hydrogens (tertiary/aromatic N) is 3. The Morgan fingerprint density at radius 2 is 2.04 bits per heavy atom. The smallest absolute Gasteiger partial charge is 0.278 e. The van der Waals surface area contributed by atoms with E-state index in [9.17, 15) is 25.2 Å². The lowest BCUT2D eigenvalue weighted by atomic mass is 9.98. The molecule has 0 radical (unpaired) electrons. The number of hydrogen-bond acceptors (Lipinski definition) is 9. The van der Waals surface area contributed by atoms with Crippen LogP contribution in [0.5, 0.6) is 0 Å². The van der Waals surface area contributed by atoms with E-state index >= 15 is 0 Å². The quantitative estimate of drug-likeness (QED) is 0.257. The number of aliphatic hydroxyl groups is 4. The number of rotatable bonds is 4. The number of fused-ring (bicyclic) bond motifs is 1. The van der Waals surface area contributed by atoms with E-state index in [1.54, 1.807) is 0 Å². The highest BCUT2D eigenvalue weighted by molar-refractivity contribution is 7.71. The lowest BCUT2D eigenvalue weighted by Crippen LogP contribution is -2.56. The highest BCUT2D eigenvalue weighted by Crippen LogP contribution is 2.31. The Hall–Kier alpha value is -2.09. The van der Waals surface area contributed by atoms with E-state index < -0.39 is 42.8 Å². The third kappa shape index (κ3) is 2.76. The standard InChI is InChI=1S/C14H19N5O6S/c1-2-3-18-6-10(16-13(15)17-11(6)24)19(14(18)26)12-9(23)8(22)7(21)5(4-20)25-12/h2,5,7-9,12,20-23H,1,3-4H2,(H3,15,16,17,24)/t5-,7-,8+,9-,12-/m1/s1. The van der Waals surface area contributed by atoms with Crippen molar-refractivity contribution in [1.29, 1.82) is 0 Å². The van der Waals surface area contributed by atoms with E-state index in [1.165, 1.54) is 15.2 Å². The van der Waals surface area contributed by atoms with Crippen LogP contribution in [0.1, 0.15) is 6.23 Å². The zero-order valence-electron chi connectivity index (χ0n) is 13.5. The fraction of sp³-hybridized carbons (Fsp3) is 0.500. The van der Waals surface area contributed by atoms with Gasteiger partial charge in [-0.15, -0.1) is 6.58 Å². The fourth-order valence-corrected chi connectivity index (χ4v) is 3.38. The molecule has 5 atom stereocenters. The van der Waals surface area contributed by atoms with Crippen molar-refractivity contribution < 1.29 is 25.2 Å². The second-order valence-corrected chi connectivity index (χ2v) is 6.26. The number of nitrogens with one attached hydrogen (secondary N) is 1. The molecule has 0 bridgehead atoms. The van der Waals surface area contributed by atoms with Gasteiger partial charge in [0.1, 0.15) is 24.4 Å². The van der Waals surface area contributed by atoms with E-state index in [0.717, 1.165) is 0 Å². The first-order chi connectivity index (χ1) is 12.3. The highest BCUT2D eigenvalue weighted by atomic mass is 32.1. The van der Waals surface area contributed by atoms with Gasteiger partial charge in [0.2, 0.25) is 5.95 Å². The molecule has 1 aliphatic heterocycles. The van der Waals surface area contributed by atoms with Gasteiger partial charge in [-0.2, -0.15) is 4.98 Å². The second-order valence-electron chi connectivity index (χ2n) is 5.89. The molecule has 142 valence electrons. The van der Waals surface area contributed by atoms with Crippen molar-refractivity contribution in [2.75, 3.05) is 12.3 Å². The molecular formula is C14H19N5O6S. The SMILES string of the molecule is C=CCn1c(=S)n([C@@H]2O[C@H](CO)[C@@H](O)[C@H](O)[C@H]2O)c2nc(N)[nH]c(=O)c21. The van der Waals surface area contributed by atoms with Gasteiger partial charge in [-0.25, -0.2) is 0 Å². The predicted molar refractivity (Wildman–Crippen MR) is 92.8 cm³/mol. The number of ether oxygens (including phenoxy) is 1. The van der Waals surface area contributed by atoms with Crippen LogP contribution in [-0.4, -0.2) is 70.6 Å². The number of nitrogens with two attached hydrogens (primary N) is 1. The molecule has 0 spiro atoms. The Kier molecular flexibility index (Phi) is 4.96. The van der Waals surface area contributed by atoms with E-state index in [1.807, 2.05) is 0 Å². The molecule has 26 heavy (non-hydrogen) atoms. The number of aliphatic hydroxyl groups excluding tert-OH is 4. The largest absolute Gasteiger partial charge is 0.394 e. The Morgan fingerprint density at radius 1 is 1.35 bits per heavy atom. The molecule has 7 N–H and O–H groups in total. The molecule has 12 heteroatoms. The minimum Gasteiger partial charge on any atom is -0.394 e. The van der Waals surface area contributed by atoms with E-state index in [2.05, 4.69) is 16.5 Å². The third-order valence-corrected chi connectivity index (χ3v) is 4.68. The van der Waals surface area contributed by atoms with Crippen molar-refractivity contribution >= 4 is 29.3 Å². The number of hydrogen-bond donors (Lipinski definition) is 6. The summed E-state index contributed by atoms with van der Waals surface area (Å²) in [5.41, 5.74) is 5.18. The van der Waals surface area contributed by atoms with Crippen molar-refractivity contribution in [3.05, 3.63) is 27.8 Å². The van der Waals surface area contributed by atoms with Gasteiger partial charge < -0.3 is 35.5 Å². The molecule has 0 unspecified atom stereocenters. The minimum absolute atomic E-state index is 0.0300. The number of aromatic amines is 1. The number of aromatic nitrogens is 4. The first kappa shape index (κ1) is 18.7. The van der Waals surface area contributed by atoms with Gasteiger partial charge in [0.05, 0.1) is 6.61 Å². The summed E-state index contributed by atoms with van der Waals surface area (Å²) in [6.07, 6.45) is -5.65. The molecule has 1 saturated heterocycles. The van der Waals surface area contributed by atoms with Gasteiger partial charge in [-0.1, -0.05) is 6.08 Å². The van der Waals surface area contributed by atoms with Crippen LogP contribution in [0.4, 0.5) is 5.95 Å². The maximum absolute atomic E-state index is 12.3. The molecule has 3 rings (SSSR count).